The minimum absolute atomic E-state index is 0.553. The molecule has 0 unspecified atom stereocenters. The van der Waals surface area contributed by atoms with Crippen LogP contribution in [0.15, 0.2) is 22.6 Å². The smallest absolute Gasteiger partial charge is 0.247 e. The quantitative estimate of drug-likeness (QED) is 0.687. The van der Waals surface area contributed by atoms with E-state index in [2.05, 4.69) is 4.98 Å². The summed E-state index contributed by atoms with van der Waals surface area (Å²) in [5.41, 5.74) is 0.542. The number of hydrogen-bond acceptors (Lipinski definition) is 6. The second-order valence-electron chi connectivity index (χ2n) is 4.13. The van der Waals surface area contributed by atoms with Gasteiger partial charge in [-0.05, 0) is 50.3 Å². The first-order valence-electron chi connectivity index (χ1n) is 6.46. The van der Waals surface area contributed by atoms with Crippen LogP contribution in [0.2, 0.25) is 0 Å². The number of aryl methyl sites for hydroxylation is 1. The first kappa shape index (κ1) is 16.0. The number of fused-ring (bicyclic) bond motifs is 1. The summed E-state index contributed by atoms with van der Waals surface area (Å²) in [4.78, 5) is 4.45. The van der Waals surface area contributed by atoms with Crippen molar-refractivity contribution in [2.45, 2.75) is 26.5 Å². The van der Waals surface area contributed by atoms with E-state index in [1.807, 2.05) is 39.0 Å². The van der Waals surface area contributed by atoms with E-state index in [0.29, 0.717) is 24.9 Å². The summed E-state index contributed by atoms with van der Waals surface area (Å²) in [5, 5.41) is 0. The molecule has 0 bridgehead atoms. The van der Waals surface area contributed by atoms with E-state index in [-0.39, 0.29) is 0 Å². The molecule has 2 rings (SSSR count). The van der Waals surface area contributed by atoms with Gasteiger partial charge in [-0.3, -0.25) is 0 Å². The Morgan fingerprint density at radius 3 is 2.65 bits per heavy atom. The molecular formula is C13H18NO3PS2. The van der Waals surface area contributed by atoms with Gasteiger partial charge in [0.15, 0.2) is 5.58 Å². The molecule has 0 aliphatic heterocycles. The number of nitrogens with zero attached hydrogens (tertiary/aromatic N) is 1. The van der Waals surface area contributed by atoms with E-state index in [4.69, 9.17) is 25.3 Å². The average Bonchev–Trinajstić information content (AvgIpc) is 2.79. The summed E-state index contributed by atoms with van der Waals surface area (Å²) in [6.45, 7) is 6.97. The molecule has 2 aromatic rings. The number of hydrogen-bond donors (Lipinski definition) is 0. The van der Waals surface area contributed by atoms with Crippen LogP contribution in [0.3, 0.4) is 0 Å². The van der Waals surface area contributed by atoms with Crippen LogP contribution in [0.4, 0.5) is 0 Å². The van der Waals surface area contributed by atoms with Crippen molar-refractivity contribution in [1.29, 1.82) is 0 Å². The summed E-state index contributed by atoms with van der Waals surface area (Å²) < 4.78 is 16.9. The zero-order chi connectivity index (χ0) is 14.6. The second kappa shape index (κ2) is 7.05. The molecule has 0 aliphatic carbocycles. The highest BCUT2D eigenvalue weighted by Gasteiger charge is 2.20. The van der Waals surface area contributed by atoms with Gasteiger partial charge < -0.3 is 13.5 Å². The largest absolute Gasteiger partial charge is 0.440 e. The van der Waals surface area contributed by atoms with Gasteiger partial charge in [-0.1, -0.05) is 17.4 Å². The van der Waals surface area contributed by atoms with E-state index in [9.17, 15) is 0 Å². The maximum Gasteiger partial charge on any atom is 0.247 e. The van der Waals surface area contributed by atoms with Crippen molar-refractivity contribution in [2.75, 3.05) is 13.2 Å². The van der Waals surface area contributed by atoms with Gasteiger partial charge in [-0.15, -0.1) is 0 Å². The Bertz CT molecular complexity index is 619. The van der Waals surface area contributed by atoms with Crippen molar-refractivity contribution in [3.8, 4) is 0 Å². The van der Waals surface area contributed by atoms with E-state index in [0.717, 1.165) is 16.7 Å². The third-order valence-corrected chi connectivity index (χ3v) is 7.90. The topological polar surface area (TPSA) is 44.5 Å². The minimum atomic E-state index is -2.29. The fourth-order valence-electron chi connectivity index (χ4n) is 1.70. The van der Waals surface area contributed by atoms with Crippen LogP contribution in [-0.4, -0.2) is 18.2 Å². The first-order chi connectivity index (χ1) is 9.56. The Hall–Kier alpha value is -0.390. The lowest BCUT2D eigenvalue weighted by atomic mass is 10.2. The maximum absolute atomic E-state index is 5.73. The Kier molecular flexibility index (Phi) is 5.64. The predicted molar refractivity (Wildman–Crippen MR) is 87.6 cm³/mol. The van der Waals surface area contributed by atoms with Gasteiger partial charge in [0.25, 0.3) is 0 Å². The maximum atomic E-state index is 5.73. The van der Waals surface area contributed by atoms with E-state index in [1.165, 1.54) is 11.4 Å². The molecule has 0 radical (unpaired) electrons. The predicted octanol–water partition coefficient (Wildman–Crippen LogP) is 4.67. The molecule has 0 aliphatic rings. The van der Waals surface area contributed by atoms with Gasteiger partial charge in [0.05, 0.1) is 19.0 Å². The van der Waals surface area contributed by atoms with Crippen molar-refractivity contribution in [1.82, 2.24) is 4.98 Å². The summed E-state index contributed by atoms with van der Waals surface area (Å²) >= 11 is 6.93. The SMILES string of the molecule is CCOP(=S)(OCC)SCc1nc2ccc(C)cc2o1. The fourth-order valence-corrected chi connectivity index (χ4v) is 5.94. The van der Waals surface area contributed by atoms with Gasteiger partial charge in [0.1, 0.15) is 5.52 Å². The van der Waals surface area contributed by atoms with Gasteiger partial charge in [0, 0.05) is 0 Å². The molecule has 0 fully saturated rings. The molecule has 0 saturated carbocycles. The molecule has 7 heteroatoms. The molecule has 4 nitrogen and oxygen atoms in total. The molecule has 0 amide bonds. The Labute approximate surface area is 128 Å². The number of aromatic nitrogens is 1. The van der Waals surface area contributed by atoms with Crippen LogP contribution in [0, 0.1) is 6.92 Å². The van der Waals surface area contributed by atoms with Crippen LogP contribution in [-0.2, 0) is 26.6 Å². The van der Waals surface area contributed by atoms with Crippen molar-refractivity contribution in [2.24, 2.45) is 0 Å². The Morgan fingerprint density at radius 2 is 2.00 bits per heavy atom. The summed E-state index contributed by atoms with van der Waals surface area (Å²) in [7, 11) is 0. The highest BCUT2D eigenvalue weighted by Crippen LogP contribution is 2.61. The van der Waals surface area contributed by atoms with Crippen LogP contribution in [0.1, 0.15) is 25.3 Å². The van der Waals surface area contributed by atoms with E-state index in [1.54, 1.807) is 0 Å². The van der Waals surface area contributed by atoms with Gasteiger partial charge in [0.2, 0.25) is 11.6 Å². The number of rotatable bonds is 7. The lowest BCUT2D eigenvalue weighted by molar-refractivity contribution is 0.280. The van der Waals surface area contributed by atoms with Crippen LogP contribution in [0.5, 0.6) is 0 Å². The van der Waals surface area contributed by atoms with Crippen LogP contribution < -0.4 is 0 Å². The highest BCUT2D eigenvalue weighted by molar-refractivity contribution is 8.67. The lowest BCUT2D eigenvalue weighted by Gasteiger charge is -2.18. The molecule has 1 aromatic carbocycles. The van der Waals surface area contributed by atoms with Crippen molar-refractivity contribution >= 4 is 40.0 Å². The molecule has 0 spiro atoms. The number of oxazole rings is 1. The fraction of sp³-hybridized carbons (Fsp3) is 0.462. The Morgan fingerprint density at radius 1 is 1.30 bits per heavy atom. The summed E-state index contributed by atoms with van der Waals surface area (Å²) in [6.07, 6.45) is 0. The normalized spacial score (nSPS) is 12.2. The minimum Gasteiger partial charge on any atom is -0.440 e. The molecule has 110 valence electrons. The van der Waals surface area contributed by atoms with Crippen LogP contribution >= 0.6 is 17.1 Å². The van der Waals surface area contributed by atoms with Crippen molar-refractivity contribution < 1.29 is 13.5 Å². The average molecular weight is 331 g/mol. The lowest BCUT2D eigenvalue weighted by Crippen LogP contribution is -1.92. The van der Waals surface area contributed by atoms with Gasteiger partial charge >= 0.3 is 0 Å². The third kappa shape index (κ3) is 4.06. The van der Waals surface area contributed by atoms with E-state index >= 15 is 0 Å². The molecular weight excluding hydrogens is 313 g/mol. The third-order valence-electron chi connectivity index (χ3n) is 2.51. The molecule has 0 N–H and O–H groups in total. The standard InChI is InChI=1S/C13H18NO3PS2/c1-4-15-18(19,16-5-2)20-9-13-14-11-7-6-10(3)8-12(11)17-13/h6-8H,4-5,9H2,1-3H3. The van der Waals surface area contributed by atoms with Crippen molar-refractivity contribution in [3.63, 3.8) is 0 Å². The van der Waals surface area contributed by atoms with Crippen LogP contribution in [0.25, 0.3) is 11.1 Å². The van der Waals surface area contributed by atoms with Crippen molar-refractivity contribution in [3.05, 3.63) is 29.7 Å². The molecule has 20 heavy (non-hydrogen) atoms. The second-order valence-corrected chi connectivity index (χ2v) is 10.4. The zero-order valence-corrected chi connectivity index (χ0v) is 14.3. The molecule has 1 heterocycles. The van der Waals surface area contributed by atoms with E-state index < -0.39 is 5.69 Å². The molecule has 0 atom stereocenters. The molecule has 1 aromatic heterocycles. The van der Waals surface area contributed by atoms with Gasteiger partial charge in [-0.2, -0.15) is 0 Å². The molecule has 0 saturated heterocycles. The van der Waals surface area contributed by atoms with Gasteiger partial charge in [-0.25, -0.2) is 4.98 Å². The summed E-state index contributed by atoms with van der Waals surface area (Å²) in [6, 6.07) is 5.97. The zero-order valence-electron chi connectivity index (χ0n) is 11.8. The number of benzene rings is 1. The highest BCUT2D eigenvalue weighted by atomic mass is 32.9. The monoisotopic (exact) mass is 331 g/mol. The summed E-state index contributed by atoms with van der Waals surface area (Å²) in [5.74, 6) is 1.22. The first-order valence-corrected chi connectivity index (χ1v) is 10.7. The Balaban J connectivity index is 2.09.